The highest BCUT2D eigenvalue weighted by Crippen LogP contribution is 2.17. The molecule has 3 aromatic rings. The third-order valence-electron chi connectivity index (χ3n) is 3.43. The largest absolute Gasteiger partial charge is 0.352 e. The van der Waals surface area contributed by atoms with Crippen molar-refractivity contribution in [2.45, 2.75) is 13.0 Å². The molecular formula is C18H15FN4O2S. The summed E-state index contributed by atoms with van der Waals surface area (Å²) in [5.74, 6) is -0.960. The van der Waals surface area contributed by atoms with Crippen LogP contribution in [-0.4, -0.2) is 21.8 Å². The number of halogens is 1. The molecule has 0 bridgehead atoms. The van der Waals surface area contributed by atoms with Gasteiger partial charge in [0, 0.05) is 29.9 Å². The predicted octanol–water partition coefficient (Wildman–Crippen LogP) is 2.79. The van der Waals surface area contributed by atoms with Crippen LogP contribution in [0.1, 0.15) is 21.6 Å². The number of carbonyl (C=O) groups excluding carboxylic acids is 2. The van der Waals surface area contributed by atoms with Crippen molar-refractivity contribution in [1.82, 2.24) is 15.3 Å². The van der Waals surface area contributed by atoms with Crippen LogP contribution < -0.4 is 10.6 Å². The van der Waals surface area contributed by atoms with Crippen LogP contribution in [0, 0.1) is 5.82 Å². The van der Waals surface area contributed by atoms with E-state index in [1.54, 1.807) is 23.8 Å². The van der Waals surface area contributed by atoms with Crippen LogP contribution in [-0.2, 0) is 17.8 Å². The summed E-state index contributed by atoms with van der Waals surface area (Å²) in [7, 11) is 0. The number of nitrogens with one attached hydrogen (secondary N) is 2. The minimum Gasteiger partial charge on any atom is -0.352 e. The van der Waals surface area contributed by atoms with Crippen molar-refractivity contribution < 1.29 is 14.0 Å². The Balaban J connectivity index is 1.51. The zero-order valence-corrected chi connectivity index (χ0v) is 14.4. The standard InChI is InChI=1S/C18H15FN4O2S/c19-14-5-3-13(4-6-14)17(25)23-18-22-15(11-26-18)8-16(24)21-10-12-2-1-7-20-9-12/h1-7,9,11H,8,10H2,(H,21,24)(H,22,23,25). The zero-order chi connectivity index (χ0) is 18.4. The van der Waals surface area contributed by atoms with Crippen molar-refractivity contribution in [1.29, 1.82) is 0 Å². The van der Waals surface area contributed by atoms with Gasteiger partial charge in [-0.25, -0.2) is 9.37 Å². The van der Waals surface area contributed by atoms with Gasteiger partial charge < -0.3 is 5.32 Å². The maximum absolute atomic E-state index is 12.9. The van der Waals surface area contributed by atoms with E-state index in [0.29, 0.717) is 22.9 Å². The van der Waals surface area contributed by atoms with E-state index in [2.05, 4.69) is 20.6 Å². The van der Waals surface area contributed by atoms with E-state index >= 15 is 0 Å². The van der Waals surface area contributed by atoms with Crippen molar-refractivity contribution in [3.63, 3.8) is 0 Å². The smallest absolute Gasteiger partial charge is 0.257 e. The first kappa shape index (κ1) is 17.7. The molecule has 2 heterocycles. The molecule has 0 aliphatic rings. The van der Waals surface area contributed by atoms with Gasteiger partial charge in [-0.3, -0.25) is 19.9 Å². The minimum absolute atomic E-state index is 0.114. The van der Waals surface area contributed by atoms with Gasteiger partial charge >= 0.3 is 0 Å². The summed E-state index contributed by atoms with van der Waals surface area (Å²) in [5, 5.41) is 7.52. The average Bonchev–Trinajstić information content (AvgIpc) is 3.08. The molecule has 132 valence electrons. The Hall–Kier alpha value is -3.13. The highest BCUT2D eigenvalue weighted by atomic mass is 32.1. The normalized spacial score (nSPS) is 10.3. The summed E-state index contributed by atoms with van der Waals surface area (Å²) in [6.45, 7) is 0.394. The molecule has 0 atom stereocenters. The average molecular weight is 370 g/mol. The van der Waals surface area contributed by atoms with Gasteiger partial charge in [0.15, 0.2) is 5.13 Å². The molecular weight excluding hydrogens is 355 g/mol. The molecule has 0 saturated carbocycles. The number of aromatic nitrogens is 2. The van der Waals surface area contributed by atoms with Gasteiger partial charge in [-0.2, -0.15) is 0 Å². The fraction of sp³-hybridized carbons (Fsp3) is 0.111. The van der Waals surface area contributed by atoms with Crippen molar-refractivity contribution in [2.75, 3.05) is 5.32 Å². The molecule has 0 fully saturated rings. The molecule has 2 amide bonds. The summed E-state index contributed by atoms with van der Waals surface area (Å²) in [5.41, 5.74) is 1.80. The number of rotatable bonds is 6. The Morgan fingerprint density at radius 2 is 1.96 bits per heavy atom. The molecule has 0 aliphatic heterocycles. The van der Waals surface area contributed by atoms with Gasteiger partial charge in [-0.05, 0) is 35.9 Å². The fourth-order valence-electron chi connectivity index (χ4n) is 2.15. The number of nitrogens with zero attached hydrogens (tertiary/aromatic N) is 2. The summed E-state index contributed by atoms with van der Waals surface area (Å²) in [4.78, 5) is 32.3. The van der Waals surface area contributed by atoms with Crippen LogP contribution in [0.2, 0.25) is 0 Å². The van der Waals surface area contributed by atoms with E-state index in [-0.39, 0.29) is 18.2 Å². The lowest BCUT2D eigenvalue weighted by Crippen LogP contribution is -2.24. The molecule has 2 aromatic heterocycles. The van der Waals surface area contributed by atoms with Crippen LogP contribution >= 0.6 is 11.3 Å². The number of anilines is 1. The van der Waals surface area contributed by atoms with Gasteiger partial charge in [-0.15, -0.1) is 11.3 Å². The molecule has 3 rings (SSSR count). The van der Waals surface area contributed by atoms with Gasteiger partial charge in [-0.1, -0.05) is 6.07 Å². The van der Waals surface area contributed by atoms with Crippen molar-refractivity contribution in [3.05, 3.63) is 76.8 Å². The molecule has 1 aromatic carbocycles. The maximum atomic E-state index is 12.9. The van der Waals surface area contributed by atoms with E-state index in [9.17, 15) is 14.0 Å². The lowest BCUT2D eigenvalue weighted by Gasteiger charge is -2.03. The first-order valence-electron chi connectivity index (χ1n) is 7.77. The molecule has 0 radical (unpaired) electrons. The van der Waals surface area contributed by atoms with Gasteiger partial charge in [0.2, 0.25) is 5.91 Å². The molecule has 6 nitrogen and oxygen atoms in total. The van der Waals surface area contributed by atoms with Crippen molar-refractivity contribution in [3.8, 4) is 0 Å². The Kier molecular flexibility index (Phi) is 5.65. The summed E-state index contributed by atoms with van der Waals surface area (Å²) < 4.78 is 12.9. The van der Waals surface area contributed by atoms with E-state index < -0.39 is 5.82 Å². The van der Waals surface area contributed by atoms with E-state index in [1.165, 1.54) is 35.6 Å². The lowest BCUT2D eigenvalue weighted by atomic mass is 10.2. The third kappa shape index (κ3) is 4.93. The molecule has 26 heavy (non-hydrogen) atoms. The van der Waals surface area contributed by atoms with Gasteiger partial charge in [0.05, 0.1) is 12.1 Å². The lowest BCUT2D eigenvalue weighted by molar-refractivity contribution is -0.120. The minimum atomic E-state index is -0.407. The first-order chi connectivity index (χ1) is 12.6. The molecule has 0 aliphatic carbocycles. The van der Waals surface area contributed by atoms with Crippen LogP contribution in [0.4, 0.5) is 9.52 Å². The summed E-state index contributed by atoms with van der Waals surface area (Å²) in [6, 6.07) is 8.90. The second-order valence-electron chi connectivity index (χ2n) is 5.42. The van der Waals surface area contributed by atoms with Crippen LogP contribution in [0.5, 0.6) is 0 Å². The molecule has 0 spiro atoms. The SMILES string of the molecule is O=C(Cc1csc(NC(=O)c2ccc(F)cc2)n1)NCc1cccnc1. The fourth-order valence-corrected chi connectivity index (χ4v) is 2.85. The van der Waals surface area contributed by atoms with E-state index in [1.807, 2.05) is 6.07 Å². The second kappa shape index (κ2) is 8.30. The molecule has 0 unspecified atom stereocenters. The monoisotopic (exact) mass is 370 g/mol. The number of amides is 2. The molecule has 2 N–H and O–H groups in total. The number of hydrogen-bond donors (Lipinski definition) is 2. The van der Waals surface area contributed by atoms with Crippen LogP contribution in [0.3, 0.4) is 0 Å². The number of benzene rings is 1. The Morgan fingerprint density at radius 3 is 2.69 bits per heavy atom. The number of pyridine rings is 1. The Labute approximate surface area is 153 Å². The van der Waals surface area contributed by atoms with Gasteiger partial charge in [0.25, 0.3) is 5.91 Å². The number of thiazole rings is 1. The Morgan fingerprint density at radius 1 is 1.15 bits per heavy atom. The van der Waals surface area contributed by atoms with Crippen molar-refractivity contribution >= 4 is 28.3 Å². The summed E-state index contributed by atoms with van der Waals surface area (Å²) >= 11 is 1.23. The first-order valence-corrected chi connectivity index (χ1v) is 8.65. The van der Waals surface area contributed by atoms with Crippen LogP contribution in [0.15, 0.2) is 54.2 Å². The van der Waals surface area contributed by atoms with E-state index in [4.69, 9.17) is 0 Å². The highest BCUT2D eigenvalue weighted by Gasteiger charge is 2.11. The Bertz CT molecular complexity index is 897. The van der Waals surface area contributed by atoms with Crippen molar-refractivity contribution in [2.24, 2.45) is 0 Å². The topological polar surface area (TPSA) is 84.0 Å². The second-order valence-corrected chi connectivity index (χ2v) is 6.28. The predicted molar refractivity (Wildman–Crippen MR) is 96.3 cm³/mol. The third-order valence-corrected chi connectivity index (χ3v) is 4.24. The van der Waals surface area contributed by atoms with Gasteiger partial charge in [0.1, 0.15) is 5.82 Å². The number of hydrogen-bond acceptors (Lipinski definition) is 5. The maximum Gasteiger partial charge on any atom is 0.257 e. The summed E-state index contributed by atoms with van der Waals surface area (Å²) in [6.07, 6.45) is 3.47. The zero-order valence-electron chi connectivity index (χ0n) is 13.6. The molecule has 0 saturated heterocycles. The quantitative estimate of drug-likeness (QED) is 0.699. The van der Waals surface area contributed by atoms with Crippen LogP contribution in [0.25, 0.3) is 0 Å². The molecule has 8 heteroatoms. The van der Waals surface area contributed by atoms with E-state index in [0.717, 1.165) is 5.56 Å². The number of carbonyl (C=O) groups is 2. The highest BCUT2D eigenvalue weighted by molar-refractivity contribution is 7.14.